The van der Waals surface area contributed by atoms with E-state index in [9.17, 15) is 9.90 Å². The molecule has 2 aliphatic heterocycles. The number of aromatic nitrogens is 1. The molecule has 0 saturated carbocycles. The Kier molecular flexibility index (Phi) is 6.13. The van der Waals surface area contributed by atoms with E-state index in [1.165, 1.54) is 6.07 Å². The van der Waals surface area contributed by atoms with E-state index in [0.717, 1.165) is 30.0 Å². The minimum Gasteiger partial charge on any atom is -0.491 e. The monoisotopic (exact) mass is 414 g/mol. The Bertz CT molecular complexity index is 912. The standard InChI is InChI=1S/C23H30N2O5/c1-17-9-20(30-13-21-12-28-7-8-29-21)10-22(27)25(17)11-18-3-5-19(6-4-18)24-14-23(2,15-24)16-26/h3-6,9-10,21,26H,7-8,11-16H2,1-2H3. The molecule has 4 rings (SSSR count). The number of nitrogens with zero attached hydrogens (tertiary/aromatic N) is 2. The van der Waals surface area contributed by atoms with Gasteiger partial charge >= 0.3 is 0 Å². The van der Waals surface area contributed by atoms with Crippen molar-refractivity contribution in [3.05, 3.63) is 58.0 Å². The van der Waals surface area contributed by atoms with Gasteiger partial charge in [0.05, 0.1) is 33.0 Å². The van der Waals surface area contributed by atoms with Gasteiger partial charge in [0.25, 0.3) is 5.56 Å². The Hall–Kier alpha value is -2.35. The Morgan fingerprint density at radius 2 is 1.97 bits per heavy atom. The Morgan fingerprint density at radius 1 is 1.20 bits per heavy atom. The summed E-state index contributed by atoms with van der Waals surface area (Å²) < 4.78 is 18.4. The van der Waals surface area contributed by atoms with E-state index in [1.807, 2.05) is 13.0 Å². The highest BCUT2D eigenvalue weighted by Crippen LogP contribution is 2.33. The van der Waals surface area contributed by atoms with Crippen LogP contribution in [0.3, 0.4) is 0 Å². The molecule has 1 aromatic heterocycles. The van der Waals surface area contributed by atoms with Gasteiger partial charge in [0.2, 0.25) is 0 Å². The summed E-state index contributed by atoms with van der Waals surface area (Å²) in [7, 11) is 0. The molecule has 1 unspecified atom stereocenters. The van der Waals surface area contributed by atoms with Crippen LogP contribution in [0.15, 0.2) is 41.2 Å². The number of pyridine rings is 1. The van der Waals surface area contributed by atoms with E-state index in [0.29, 0.717) is 38.7 Å². The molecule has 3 heterocycles. The van der Waals surface area contributed by atoms with E-state index in [1.54, 1.807) is 4.57 Å². The fourth-order valence-corrected chi connectivity index (χ4v) is 3.96. The summed E-state index contributed by atoms with van der Waals surface area (Å²) in [6.45, 7) is 8.54. The van der Waals surface area contributed by atoms with Crippen LogP contribution >= 0.6 is 0 Å². The number of aryl methyl sites for hydroxylation is 1. The van der Waals surface area contributed by atoms with Crippen LogP contribution in [0.2, 0.25) is 0 Å². The molecule has 0 amide bonds. The summed E-state index contributed by atoms with van der Waals surface area (Å²) in [6, 6.07) is 11.7. The van der Waals surface area contributed by atoms with Crippen LogP contribution in [0.25, 0.3) is 0 Å². The van der Waals surface area contributed by atoms with Crippen LogP contribution in [-0.2, 0) is 16.0 Å². The largest absolute Gasteiger partial charge is 0.491 e. The zero-order valence-electron chi connectivity index (χ0n) is 17.7. The highest BCUT2D eigenvalue weighted by atomic mass is 16.6. The first-order valence-electron chi connectivity index (χ1n) is 10.4. The second kappa shape index (κ2) is 8.79. The Morgan fingerprint density at radius 3 is 2.60 bits per heavy atom. The average molecular weight is 415 g/mol. The van der Waals surface area contributed by atoms with Gasteiger partial charge in [-0.2, -0.15) is 0 Å². The van der Waals surface area contributed by atoms with E-state index < -0.39 is 0 Å². The minimum atomic E-state index is -0.0957. The van der Waals surface area contributed by atoms with Crippen molar-refractivity contribution in [3.63, 3.8) is 0 Å². The second-order valence-corrected chi connectivity index (χ2v) is 8.63. The average Bonchev–Trinajstić information content (AvgIpc) is 2.74. The highest BCUT2D eigenvalue weighted by molar-refractivity contribution is 5.50. The smallest absolute Gasteiger partial charge is 0.254 e. The summed E-state index contributed by atoms with van der Waals surface area (Å²) in [5, 5.41) is 9.41. The molecular formula is C23H30N2O5. The van der Waals surface area contributed by atoms with Gasteiger partial charge in [0.15, 0.2) is 0 Å². The normalized spacial score (nSPS) is 20.6. The predicted molar refractivity (Wildman–Crippen MR) is 114 cm³/mol. The van der Waals surface area contributed by atoms with Crippen LogP contribution in [0.5, 0.6) is 5.75 Å². The van der Waals surface area contributed by atoms with Crippen molar-refractivity contribution in [2.24, 2.45) is 5.41 Å². The second-order valence-electron chi connectivity index (χ2n) is 8.63. The fraction of sp³-hybridized carbons (Fsp3) is 0.522. The summed E-state index contributed by atoms with van der Waals surface area (Å²) in [5.74, 6) is 0.558. The molecule has 0 spiro atoms. The molecule has 2 aliphatic rings. The summed E-state index contributed by atoms with van der Waals surface area (Å²) in [6.07, 6.45) is -0.0957. The van der Waals surface area contributed by atoms with E-state index in [-0.39, 0.29) is 23.7 Å². The lowest BCUT2D eigenvalue weighted by molar-refractivity contribution is -0.101. The number of aliphatic hydroxyl groups excluding tert-OH is 1. The first kappa shape index (κ1) is 20.9. The van der Waals surface area contributed by atoms with E-state index in [4.69, 9.17) is 14.2 Å². The number of ether oxygens (including phenoxy) is 3. The van der Waals surface area contributed by atoms with Gasteiger partial charge in [-0.05, 0) is 30.7 Å². The van der Waals surface area contributed by atoms with E-state index in [2.05, 4.69) is 36.1 Å². The van der Waals surface area contributed by atoms with Crippen molar-refractivity contribution >= 4 is 5.69 Å². The van der Waals surface area contributed by atoms with E-state index >= 15 is 0 Å². The van der Waals surface area contributed by atoms with Gasteiger partial charge in [0.1, 0.15) is 18.5 Å². The molecule has 1 atom stereocenters. The van der Waals surface area contributed by atoms with Crippen molar-refractivity contribution in [3.8, 4) is 5.75 Å². The molecule has 1 aromatic carbocycles. The fourth-order valence-electron chi connectivity index (χ4n) is 3.96. The van der Waals surface area contributed by atoms with Crippen LogP contribution in [-0.4, -0.2) is 61.9 Å². The molecular weight excluding hydrogens is 384 g/mol. The van der Waals surface area contributed by atoms with Crippen molar-refractivity contribution < 1.29 is 19.3 Å². The molecule has 1 N–H and O–H groups in total. The first-order chi connectivity index (χ1) is 14.5. The summed E-state index contributed by atoms with van der Waals surface area (Å²) in [5.41, 5.74) is 2.98. The summed E-state index contributed by atoms with van der Waals surface area (Å²) >= 11 is 0. The quantitative estimate of drug-likeness (QED) is 0.745. The number of hydrogen-bond donors (Lipinski definition) is 1. The molecule has 7 heteroatoms. The van der Waals surface area contributed by atoms with Crippen molar-refractivity contribution in [2.75, 3.05) is 51.0 Å². The zero-order chi connectivity index (χ0) is 21.1. The van der Waals surface area contributed by atoms with Gasteiger partial charge in [0, 0.05) is 36.0 Å². The van der Waals surface area contributed by atoms with Crippen LogP contribution in [0.1, 0.15) is 18.2 Å². The van der Waals surface area contributed by atoms with Gasteiger partial charge in [-0.1, -0.05) is 19.1 Å². The number of benzene rings is 1. The topological polar surface area (TPSA) is 73.2 Å². The summed E-state index contributed by atoms with van der Waals surface area (Å²) in [4.78, 5) is 14.9. The van der Waals surface area contributed by atoms with Crippen LogP contribution in [0, 0.1) is 12.3 Å². The lowest BCUT2D eigenvalue weighted by Crippen LogP contribution is -2.56. The third-order valence-electron chi connectivity index (χ3n) is 5.80. The third kappa shape index (κ3) is 4.69. The Balaban J connectivity index is 1.37. The van der Waals surface area contributed by atoms with Gasteiger partial charge < -0.3 is 28.8 Å². The molecule has 7 nitrogen and oxygen atoms in total. The van der Waals surface area contributed by atoms with Gasteiger partial charge in [-0.25, -0.2) is 0 Å². The van der Waals surface area contributed by atoms with Gasteiger partial charge in [-0.3, -0.25) is 4.79 Å². The SMILES string of the molecule is Cc1cc(OCC2COCCO2)cc(=O)n1Cc1ccc(N2CC(C)(CO)C2)cc1. The maximum atomic E-state index is 12.6. The molecule has 0 radical (unpaired) electrons. The number of aliphatic hydroxyl groups is 1. The van der Waals surface area contributed by atoms with Crippen LogP contribution < -0.4 is 15.2 Å². The molecule has 30 heavy (non-hydrogen) atoms. The molecule has 0 aliphatic carbocycles. The van der Waals surface area contributed by atoms with Crippen LogP contribution in [0.4, 0.5) is 5.69 Å². The number of hydrogen-bond acceptors (Lipinski definition) is 6. The highest BCUT2D eigenvalue weighted by Gasteiger charge is 2.38. The maximum Gasteiger partial charge on any atom is 0.254 e. The molecule has 0 bridgehead atoms. The van der Waals surface area contributed by atoms with Crippen molar-refractivity contribution in [2.45, 2.75) is 26.5 Å². The van der Waals surface area contributed by atoms with Crippen molar-refractivity contribution in [1.82, 2.24) is 4.57 Å². The Labute approximate surface area is 176 Å². The number of rotatable bonds is 7. The first-order valence-corrected chi connectivity index (χ1v) is 10.4. The zero-order valence-corrected chi connectivity index (χ0v) is 17.7. The predicted octanol–water partition coefficient (Wildman–Crippen LogP) is 1.82. The lowest BCUT2D eigenvalue weighted by Gasteiger charge is -2.48. The molecule has 2 saturated heterocycles. The third-order valence-corrected chi connectivity index (χ3v) is 5.80. The molecule has 2 fully saturated rings. The van der Waals surface area contributed by atoms with Crippen molar-refractivity contribution in [1.29, 1.82) is 0 Å². The molecule has 2 aromatic rings. The van der Waals surface area contributed by atoms with Gasteiger partial charge in [-0.15, -0.1) is 0 Å². The number of anilines is 1. The lowest BCUT2D eigenvalue weighted by atomic mass is 9.82. The molecule has 162 valence electrons. The minimum absolute atomic E-state index is 0.00302. The maximum absolute atomic E-state index is 12.6.